The second kappa shape index (κ2) is 10.0. The summed E-state index contributed by atoms with van der Waals surface area (Å²) in [5.74, 6) is 1.78. The van der Waals surface area contributed by atoms with Gasteiger partial charge < -0.3 is 28.1 Å². The van der Waals surface area contributed by atoms with E-state index in [1.54, 1.807) is 12.3 Å². The van der Waals surface area contributed by atoms with Crippen molar-refractivity contribution in [3.8, 4) is 23.1 Å². The van der Waals surface area contributed by atoms with E-state index in [-0.39, 0.29) is 21.1 Å². The van der Waals surface area contributed by atoms with E-state index < -0.39 is 0 Å². The number of hydrogen-bond donors (Lipinski definition) is 0. The number of pyridine rings is 1. The van der Waals surface area contributed by atoms with Crippen molar-refractivity contribution in [1.29, 1.82) is 0 Å². The number of aromatic nitrogens is 1. The molecule has 7 aromatic rings. The summed E-state index contributed by atoms with van der Waals surface area (Å²) in [4.78, 5) is 8.30. The quantitative estimate of drug-likeness (QED) is 0.166. The first-order valence-corrected chi connectivity index (χ1v) is 12.7. The number of benzene rings is 4. The molecule has 0 bridgehead atoms. The third-order valence-corrected chi connectivity index (χ3v) is 6.80. The molecule has 0 atom stereocenters. The summed E-state index contributed by atoms with van der Waals surface area (Å²) in [5.41, 5.74) is 3.65. The van der Waals surface area contributed by atoms with Crippen molar-refractivity contribution in [2.24, 2.45) is 0 Å². The second-order valence-corrected chi connectivity index (χ2v) is 9.48. The van der Waals surface area contributed by atoms with Crippen LogP contribution in [0.1, 0.15) is 0 Å². The van der Waals surface area contributed by atoms with Crippen LogP contribution >= 0.6 is 0 Å². The number of fused-ring (bicyclic) bond motifs is 6. The van der Waals surface area contributed by atoms with Gasteiger partial charge in [-0.1, -0.05) is 71.7 Å². The third kappa shape index (κ3) is 4.39. The van der Waals surface area contributed by atoms with E-state index in [1.807, 2.05) is 109 Å². The number of ether oxygens (including phenoxy) is 2. The van der Waals surface area contributed by atoms with Crippen LogP contribution in [-0.4, -0.2) is 16.9 Å². The smallest absolute Gasteiger partial charge is 0.216 e. The molecule has 0 saturated heterocycles. The Bertz CT molecular complexity index is 2080. The van der Waals surface area contributed by atoms with Crippen LogP contribution < -0.4 is 14.4 Å². The summed E-state index contributed by atoms with van der Waals surface area (Å²) in [6.07, 6.45) is 5.63. The van der Waals surface area contributed by atoms with Crippen LogP contribution in [0.2, 0.25) is 0 Å². The summed E-state index contributed by atoms with van der Waals surface area (Å²) in [6.45, 7) is 1.97. The predicted octanol–water partition coefficient (Wildman–Crippen LogP) is 8.41. The number of anilines is 1. The molecule has 0 unspecified atom stereocenters. The van der Waals surface area contributed by atoms with Gasteiger partial charge in [-0.25, -0.2) is 4.98 Å². The Morgan fingerprint density at radius 1 is 0.732 bits per heavy atom. The van der Waals surface area contributed by atoms with E-state index in [4.69, 9.17) is 18.3 Å². The van der Waals surface area contributed by atoms with Gasteiger partial charge in [0.2, 0.25) is 5.88 Å². The van der Waals surface area contributed by atoms with Crippen LogP contribution in [0.3, 0.4) is 0 Å². The Labute approximate surface area is 249 Å². The molecule has 8 rings (SSSR count). The van der Waals surface area contributed by atoms with Gasteiger partial charge in [0.05, 0.1) is 0 Å². The molecule has 0 fully saturated rings. The maximum absolute atomic E-state index is 6.38. The van der Waals surface area contributed by atoms with Crippen LogP contribution in [0.15, 0.2) is 106 Å². The molecule has 1 aliphatic heterocycles. The molecule has 7 nitrogen and oxygen atoms in total. The topological polar surface area (TPSA) is 64.1 Å². The third-order valence-electron chi connectivity index (χ3n) is 6.80. The molecule has 0 aliphatic carbocycles. The zero-order valence-corrected chi connectivity index (χ0v) is 23.9. The van der Waals surface area contributed by atoms with E-state index in [2.05, 4.69) is 17.1 Å². The van der Waals surface area contributed by atoms with Crippen molar-refractivity contribution in [3.63, 3.8) is 0 Å². The SMILES string of the molecule is CN1C=CN(c2[c-]c(Oc3[c-]c(Oc4ccccn4)c4c(c3)oc3ccccc34)cc3oc4ccccc4c23)[CH-]1.[Pt]. The summed E-state index contributed by atoms with van der Waals surface area (Å²) in [5, 5.41) is 3.68. The molecule has 0 radical (unpaired) electrons. The normalized spacial score (nSPS) is 13.0. The largest absolute Gasteiger partial charge is 0.510 e. The Balaban J connectivity index is 0.00000276. The maximum atomic E-state index is 6.38. The van der Waals surface area contributed by atoms with Crippen molar-refractivity contribution in [2.75, 3.05) is 11.9 Å². The molecule has 4 aromatic carbocycles. The van der Waals surface area contributed by atoms with Gasteiger partial charge in [-0.2, -0.15) is 6.67 Å². The average molecular weight is 718 g/mol. The first kappa shape index (κ1) is 25.2. The van der Waals surface area contributed by atoms with Gasteiger partial charge in [0.15, 0.2) is 0 Å². The Kier molecular flexibility index (Phi) is 6.17. The number of para-hydroxylation sites is 2. The Morgan fingerprint density at radius 3 is 2.07 bits per heavy atom. The zero-order chi connectivity index (χ0) is 26.6. The van der Waals surface area contributed by atoms with Gasteiger partial charge in [0.1, 0.15) is 11.2 Å². The van der Waals surface area contributed by atoms with Crippen LogP contribution in [0.4, 0.5) is 5.69 Å². The number of furan rings is 2. The number of rotatable bonds is 5. The molecule has 204 valence electrons. The molecular formula is C33H20N3O4Pt-3. The van der Waals surface area contributed by atoms with Crippen molar-refractivity contribution >= 4 is 49.6 Å². The minimum atomic E-state index is 0. The molecule has 8 heteroatoms. The fraction of sp³-hybridized carbons (Fsp3) is 0.0303. The molecule has 4 heterocycles. The van der Waals surface area contributed by atoms with Gasteiger partial charge in [-0.05, 0) is 53.8 Å². The van der Waals surface area contributed by atoms with Gasteiger partial charge >= 0.3 is 0 Å². The summed E-state index contributed by atoms with van der Waals surface area (Å²) < 4.78 is 25.0. The Morgan fingerprint density at radius 2 is 1.39 bits per heavy atom. The molecule has 0 spiro atoms. The maximum Gasteiger partial charge on any atom is 0.216 e. The predicted molar refractivity (Wildman–Crippen MR) is 153 cm³/mol. The number of nitrogens with zero attached hydrogens (tertiary/aromatic N) is 3. The zero-order valence-electron chi connectivity index (χ0n) is 21.6. The van der Waals surface area contributed by atoms with Gasteiger partial charge in [-0.15, -0.1) is 6.07 Å². The van der Waals surface area contributed by atoms with Crippen molar-refractivity contribution in [1.82, 2.24) is 9.88 Å². The van der Waals surface area contributed by atoms with Crippen LogP contribution in [0, 0.1) is 18.8 Å². The molecule has 0 amide bonds. The first-order valence-electron chi connectivity index (χ1n) is 12.7. The molecule has 0 N–H and O–H groups in total. The first-order chi connectivity index (χ1) is 19.7. The molecular weight excluding hydrogens is 697 g/mol. The second-order valence-electron chi connectivity index (χ2n) is 9.48. The standard InChI is InChI=1S/C33H20N3O4.Pt/c1-35-14-15-36(20-35)25-16-21(17-28-32(25)23-8-2-4-10-26(23)38-28)37-22-18-29-33(24-9-3-5-11-27(24)39-29)30(19-22)40-31-12-6-7-13-34-31;/h2-15,17-18,20H,1H3;/q-3;. The van der Waals surface area contributed by atoms with Crippen molar-refractivity contribution in [2.45, 2.75) is 0 Å². The summed E-state index contributed by atoms with van der Waals surface area (Å²) >= 11 is 0. The minimum absolute atomic E-state index is 0. The van der Waals surface area contributed by atoms with Crippen molar-refractivity contribution in [3.05, 3.63) is 116 Å². The monoisotopic (exact) mass is 717 g/mol. The summed E-state index contributed by atoms with van der Waals surface area (Å²) in [7, 11) is 1.97. The number of hydrogen-bond acceptors (Lipinski definition) is 7. The van der Waals surface area contributed by atoms with E-state index in [0.717, 1.165) is 38.4 Å². The van der Waals surface area contributed by atoms with Crippen LogP contribution in [0.25, 0.3) is 43.9 Å². The molecule has 1 aliphatic rings. The van der Waals surface area contributed by atoms with E-state index in [0.29, 0.717) is 34.3 Å². The van der Waals surface area contributed by atoms with E-state index >= 15 is 0 Å². The van der Waals surface area contributed by atoms with Crippen LogP contribution in [-0.2, 0) is 21.1 Å². The van der Waals surface area contributed by atoms with Crippen molar-refractivity contribution < 1.29 is 39.4 Å². The fourth-order valence-electron chi connectivity index (χ4n) is 5.07. The van der Waals surface area contributed by atoms with Gasteiger partial charge in [0.25, 0.3) is 0 Å². The van der Waals surface area contributed by atoms with E-state index in [1.165, 1.54) is 0 Å². The van der Waals surface area contributed by atoms with E-state index in [9.17, 15) is 0 Å². The summed E-state index contributed by atoms with van der Waals surface area (Å²) in [6, 6.07) is 31.7. The minimum Gasteiger partial charge on any atom is -0.510 e. The fourth-order valence-corrected chi connectivity index (χ4v) is 5.07. The average Bonchev–Trinajstić information content (AvgIpc) is 3.67. The van der Waals surface area contributed by atoms with Gasteiger partial charge in [0, 0.05) is 61.7 Å². The van der Waals surface area contributed by atoms with Gasteiger partial charge in [-0.3, -0.25) is 0 Å². The molecule has 3 aromatic heterocycles. The van der Waals surface area contributed by atoms with Crippen LogP contribution in [0.5, 0.6) is 23.1 Å². The Hall–Kier alpha value is -4.74. The molecule has 0 saturated carbocycles. The molecule has 41 heavy (non-hydrogen) atoms.